The molecule has 1 rings (SSSR count). The highest BCUT2D eigenvalue weighted by molar-refractivity contribution is 8.00. The molecule has 0 atom stereocenters. The number of carbonyl (C=O) groups excluding carboxylic acids is 1. The molecule has 106 valence electrons. The van der Waals surface area contributed by atoms with Gasteiger partial charge in [0.05, 0.1) is 12.4 Å². The van der Waals surface area contributed by atoms with Crippen molar-refractivity contribution >= 4 is 23.4 Å². The second-order valence-electron chi connectivity index (χ2n) is 5.01. The lowest BCUT2D eigenvalue weighted by atomic mass is 10.2. The van der Waals surface area contributed by atoms with Crippen molar-refractivity contribution in [3.63, 3.8) is 0 Å². The largest absolute Gasteiger partial charge is 0.494 e. The fourth-order valence-corrected chi connectivity index (χ4v) is 2.17. The second-order valence-corrected chi connectivity index (χ2v) is 6.02. The Labute approximate surface area is 118 Å². The maximum atomic E-state index is 11.6. The van der Waals surface area contributed by atoms with E-state index in [4.69, 9.17) is 15.2 Å². The molecule has 0 unspecified atom stereocenters. The topological polar surface area (TPSA) is 61.5 Å². The number of nitrogen functional groups attached to an aromatic ring is 1. The first-order valence-electron chi connectivity index (χ1n) is 6.19. The molecule has 0 aliphatic carbocycles. The van der Waals surface area contributed by atoms with Gasteiger partial charge in [0.25, 0.3) is 0 Å². The zero-order valence-corrected chi connectivity index (χ0v) is 12.7. The molecule has 0 fully saturated rings. The number of thioether (sulfide) groups is 1. The van der Waals surface area contributed by atoms with Crippen LogP contribution in [0.2, 0.25) is 0 Å². The van der Waals surface area contributed by atoms with Crippen LogP contribution in [0.4, 0.5) is 5.69 Å². The van der Waals surface area contributed by atoms with Crippen LogP contribution in [0.1, 0.15) is 27.7 Å². The van der Waals surface area contributed by atoms with Gasteiger partial charge in [-0.1, -0.05) is 0 Å². The fraction of sp³-hybridized carbons (Fsp3) is 0.500. The summed E-state index contributed by atoms with van der Waals surface area (Å²) in [5, 5.41) is 0. The summed E-state index contributed by atoms with van der Waals surface area (Å²) in [5.41, 5.74) is 6.04. The highest BCUT2D eigenvalue weighted by Gasteiger charge is 2.16. The van der Waals surface area contributed by atoms with E-state index in [1.807, 2.05) is 39.8 Å². The summed E-state index contributed by atoms with van der Waals surface area (Å²) in [6, 6.07) is 5.44. The number of rotatable bonds is 5. The summed E-state index contributed by atoms with van der Waals surface area (Å²) in [5.74, 6) is 0.735. The maximum Gasteiger partial charge on any atom is 0.316 e. The minimum atomic E-state index is -0.462. The zero-order chi connectivity index (χ0) is 14.5. The van der Waals surface area contributed by atoms with Crippen LogP contribution in [0, 0.1) is 0 Å². The number of carbonyl (C=O) groups is 1. The molecule has 2 N–H and O–H groups in total. The van der Waals surface area contributed by atoms with Gasteiger partial charge in [0.15, 0.2) is 0 Å². The van der Waals surface area contributed by atoms with Gasteiger partial charge in [-0.05, 0) is 45.9 Å². The first kappa shape index (κ1) is 15.7. The van der Waals surface area contributed by atoms with Gasteiger partial charge >= 0.3 is 5.97 Å². The lowest BCUT2D eigenvalue weighted by Crippen LogP contribution is -2.24. The molecule has 1 aromatic carbocycles. The standard InChI is InChI=1S/C14H21NO3S/c1-5-17-10-6-7-11(15)12(8-10)19-9-13(16)18-14(2,3)4/h6-8H,5,9,15H2,1-4H3. The Bertz CT molecular complexity index is 441. The molecule has 0 aliphatic heterocycles. The lowest BCUT2D eigenvalue weighted by Gasteiger charge is -2.19. The van der Waals surface area contributed by atoms with E-state index in [1.54, 1.807) is 6.07 Å². The van der Waals surface area contributed by atoms with Crippen molar-refractivity contribution in [2.75, 3.05) is 18.1 Å². The Morgan fingerprint density at radius 3 is 2.63 bits per heavy atom. The molecule has 0 radical (unpaired) electrons. The number of anilines is 1. The van der Waals surface area contributed by atoms with Crippen molar-refractivity contribution in [2.45, 2.75) is 38.2 Å². The van der Waals surface area contributed by atoms with E-state index in [0.29, 0.717) is 12.3 Å². The van der Waals surface area contributed by atoms with Crippen molar-refractivity contribution < 1.29 is 14.3 Å². The third-order valence-electron chi connectivity index (χ3n) is 2.06. The first-order chi connectivity index (χ1) is 8.81. The average molecular weight is 283 g/mol. The van der Waals surface area contributed by atoms with Crippen molar-refractivity contribution in [2.24, 2.45) is 0 Å². The summed E-state index contributed by atoms with van der Waals surface area (Å²) in [4.78, 5) is 12.5. The average Bonchev–Trinajstić information content (AvgIpc) is 2.28. The predicted molar refractivity (Wildman–Crippen MR) is 78.6 cm³/mol. The highest BCUT2D eigenvalue weighted by Crippen LogP contribution is 2.29. The number of ether oxygens (including phenoxy) is 2. The molecule has 0 aromatic heterocycles. The van der Waals surface area contributed by atoms with Gasteiger partial charge in [-0.15, -0.1) is 11.8 Å². The van der Waals surface area contributed by atoms with Crippen LogP contribution in [0.15, 0.2) is 23.1 Å². The third-order valence-corrected chi connectivity index (χ3v) is 3.11. The Morgan fingerprint density at radius 2 is 2.05 bits per heavy atom. The van der Waals surface area contributed by atoms with E-state index in [1.165, 1.54) is 11.8 Å². The summed E-state index contributed by atoms with van der Waals surface area (Å²) < 4.78 is 10.6. The Balaban J connectivity index is 2.61. The van der Waals surface area contributed by atoms with Crippen molar-refractivity contribution in [1.29, 1.82) is 0 Å². The molecule has 0 saturated carbocycles. The highest BCUT2D eigenvalue weighted by atomic mass is 32.2. The Hall–Kier alpha value is -1.36. The van der Waals surface area contributed by atoms with Crippen molar-refractivity contribution in [3.8, 4) is 5.75 Å². The van der Waals surface area contributed by atoms with E-state index < -0.39 is 5.60 Å². The fourth-order valence-electron chi connectivity index (χ4n) is 1.40. The zero-order valence-electron chi connectivity index (χ0n) is 11.9. The van der Waals surface area contributed by atoms with E-state index in [2.05, 4.69) is 0 Å². The van der Waals surface area contributed by atoms with Crippen LogP contribution in [0.5, 0.6) is 5.75 Å². The van der Waals surface area contributed by atoms with E-state index in [-0.39, 0.29) is 11.7 Å². The monoisotopic (exact) mass is 283 g/mol. The second kappa shape index (κ2) is 6.70. The number of nitrogens with two attached hydrogens (primary N) is 1. The van der Waals surface area contributed by atoms with Gasteiger partial charge in [0.2, 0.25) is 0 Å². The quantitative estimate of drug-likeness (QED) is 0.511. The molecule has 0 bridgehead atoms. The summed E-state index contributed by atoms with van der Waals surface area (Å²) >= 11 is 1.36. The van der Waals surface area contributed by atoms with Gasteiger partial charge in [0, 0.05) is 10.6 Å². The van der Waals surface area contributed by atoms with Gasteiger partial charge in [0.1, 0.15) is 11.4 Å². The molecule has 5 heteroatoms. The van der Waals surface area contributed by atoms with Crippen LogP contribution in [-0.4, -0.2) is 23.9 Å². The minimum absolute atomic E-state index is 0.233. The summed E-state index contributed by atoms with van der Waals surface area (Å²) in [6.07, 6.45) is 0. The third kappa shape index (κ3) is 5.87. The van der Waals surface area contributed by atoms with E-state index in [9.17, 15) is 4.79 Å². The molecule has 0 amide bonds. The van der Waals surface area contributed by atoms with Crippen molar-refractivity contribution in [1.82, 2.24) is 0 Å². The lowest BCUT2D eigenvalue weighted by molar-refractivity contribution is -0.151. The summed E-state index contributed by atoms with van der Waals surface area (Å²) in [6.45, 7) is 8.06. The molecule has 1 aromatic rings. The van der Waals surface area contributed by atoms with Crippen LogP contribution < -0.4 is 10.5 Å². The van der Waals surface area contributed by atoms with E-state index >= 15 is 0 Å². The molecule has 0 heterocycles. The Kier molecular flexibility index (Phi) is 5.54. The van der Waals surface area contributed by atoms with Crippen LogP contribution in [0.25, 0.3) is 0 Å². The first-order valence-corrected chi connectivity index (χ1v) is 7.17. The number of benzene rings is 1. The SMILES string of the molecule is CCOc1ccc(N)c(SCC(=O)OC(C)(C)C)c1. The molecule has 0 saturated heterocycles. The van der Waals surface area contributed by atoms with Gasteiger partial charge < -0.3 is 15.2 Å². The normalized spacial score (nSPS) is 11.2. The van der Waals surface area contributed by atoms with Crippen LogP contribution in [-0.2, 0) is 9.53 Å². The van der Waals surface area contributed by atoms with Gasteiger partial charge in [-0.2, -0.15) is 0 Å². The predicted octanol–water partition coefficient (Wildman–Crippen LogP) is 3.10. The minimum Gasteiger partial charge on any atom is -0.494 e. The Morgan fingerprint density at radius 1 is 1.37 bits per heavy atom. The van der Waals surface area contributed by atoms with E-state index in [0.717, 1.165) is 10.6 Å². The number of hydrogen-bond acceptors (Lipinski definition) is 5. The molecular weight excluding hydrogens is 262 g/mol. The van der Waals surface area contributed by atoms with Crippen molar-refractivity contribution in [3.05, 3.63) is 18.2 Å². The van der Waals surface area contributed by atoms with Crippen LogP contribution in [0.3, 0.4) is 0 Å². The van der Waals surface area contributed by atoms with Gasteiger partial charge in [-0.25, -0.2) is 0 Å². The smallest absolute Gasteiger partial charge is 0.316 e. The van der Waals surface area contributed by atoms with Gasteiger partial charge in [-0.3, -0.25) is 4.79 Å². The molecule has 4 nitrogen and oxygen atoms in total. The molecule has 0 spiro atoms. The maximum absolute atomic E-state index is 11.6. The number of hydrogen-bond donors (Lipinski definition) is 1. The number of esters is 1. The summed E-state index contributed by atoms with van der Waals surface area (Å²) in [7, 11) is 0. The molecule has 19 heavy (non-hydrogen) atoms. The molecule has 0 aliphatic rings. The molecular formula is C14H21NO3S. The van der Waals surface area contributed by atoms with Crippen LogP contribution >= 0.6 is 11.8 Å².